The van der Waals surface area contributed by atoms with Crippen molar-refractivity contribution in [3.05, 3.63) is 0 Å². The van der Waals surface area contributed by atoms with Gasteiger partial charge in [0.05, 0.1) is 5.41 Å². The van der Waals surface area contributed by atoms with Crippen LogP contribution >= 0.6 is 0 Å². The second kappa shape index (κ2) is 6.89. The number of likely N-dealkylation sites (tertiary alicyclic amines) is 1. The fourth-order valence-electron chi connectivity index (χ4n) is 2.93. The van der Waals surface area contributed by atoms with Crippen LogP contribution in [0.2, 0.25) is 0 Å². The first-order chi connectivity index (χ1) is 8.99. The van der Waals surface area contributed by atoms with E-state index in [2.05, 4.69) is 0 Å². The maximum Gasteiger partial charge on any atom is 0.303 e. The summed E-state index contributed by atoms with van der Waals surface area (Å²) in [6.45, 7) is 5.64. The van der Waals surface area contributed by atoms with E-state index in [4.69, 9.17) is 10.8 Å². The summed E-state index contributed by atoms with van der Waals surface area (Å²) in [6.07, 6.45) is 3.40. The molecule has 3 N–H and O–H groups in total. The first-order valence-electron chi connectivity index (χ1n) is 7.20. The molecule has 19 heavy (non-hydrogen) atoms. The third-order valence-electron chi connectivity index (χ3n) is 4.47. The minimum absolute atomic E-state index is 0.0828. The fraction of sp³-hybridized carbons (Fsp3) is 0.857. The van der Waals surface area contributed by atoms with E-state index in [1.807, 2.05) is 18.7 Å². The summed E-state index contributed by atoms with van der Waals surface area (Å²) >= 11 is 0. The van der Waals surface area contributed by atoms with E-state index < -0.39 is 11.4 Å². The second-order valence-electron chi connectivity index (χ2n) is 5.55. The Kier molecular flexibility index (Phi) is 5.79. The number of amides is 1. The van der Waals surface area contributed by atoms with Crippen molar-refractivity contribution in [2.24, 2.45) is 17.1 Å². The predicted molar refractivity (Wildman–Crippen MR) is 73.6 cm³/mol. The van der Waals surface area contributed by atoms with Gasteiger partial charge in [-0.15, -0.1) is 0 Å². The van der Waals surface area contributed by atoms with Gasteiger partial charge in [0.2, 0.25) is 5.91 Å². The average Bonchev–Trinajstić information content (AvgIpc) is 2.40. The van der Waals surface area contributed by atoms with E-state index in [1.165, 1.54) is 0 Å². The Labute approximate surface area is 115 Å². The Hall–Kier alpha value is -1.10. The molecule has 1 rings (SSSR count). The number of aliphatic carboxylic acids is 1. The molecule has 1 aliphatic heterocycles. The third kappa shape index (κ3) is 3.69. The molecular formula is C14H26N2O3. The van der Waals surface area contributed by atoms with E-state index in [1.54, 1.807) is 0 Å². The molecule has 0 spiro atoms. The summed E-state index contributed by atoms with van der Waals surface area (Å²) in [6, 6.07) is 0. The minimum Gasteiger partial charge on any atom is -0.481 e. The molecule has 0 aromatic heterocycles. The first kappa shape index (κ1) is 16.0. The highest BCUT2D eigenvalue weighted by atomic mass is 16.4. The average molecular weight is 270 g/mol. The lowest BCUT2D eigenvalue weighted by atomic mass is 9.80. The van der Waals surface area contributed by atoms with Crippen molar-refractivity contribution in [2.45, 2.75) is 46.0 Å². The van der Waals surface area contributed by atoms with E-state index >= 15 is 0 Å². The van der Waals surface area contributed by atoms with Crippen LogP contribution in [-0.4, -0.2) is 41.5 Å². The Morgan fingerprint density at radius 1 is 1.37 bits per heavy atom. The molecule has 1 saturated heterocycles. The largest absolute Gasteiger partial charge is 0.481 e. The van der Waals surface area contributed by atoms with Crippen molar-refractivity contribution in [1.82, 2.24) is 4.90 Å². The molecule has 1 atom stereocenters. The lowest BCUT2D eigenvalue weighted by Crippen LogP contribution is -2.50. The van der Waals surface area contributed by atoms with E-state index in [0.29, 0.717) is 13.1 Å². The molecule has 5 heteroatoms. The number of nitrogens with two attached hydrogens (primary N) is 1. The summed E-state index contributed by atoms with van der Waals surface area (Å²) in [4.78, 5) is 25.3. The molecule has 1 heterocycles. The van der Waals surface area contributed by atoms with Gasteiger partial charge in [-0.2, -0.15) is 0 Å². The molecular weight excluding hydrogens is 244 g/mol. The van der Waals surface area contributed by atoms with Crippen LogP contribution < -0.4 is 5.73 Å². The molecule has 0 aliphatic carbocycles. The number of hydrogen-bond acceptors (Lipinski definition) is 3. The maximum atomic E-state index is 12.6. The number of piperidine rings is 1. The summed E-state index contributed by atoms with van der Waals surface area (Å²) in [5.41, 5.74) is 5.34. The zero-order valence-electron chi connectivity index (χ0n) is 12.0. The zero-order chi connectivity index (χ0) is 14.5. The standard InChI is InChI=1S/C14H26N2O3/c1-3-14(4-2,10-15)13(19)16-7-5-6-11(9-16)8-12(17)18/h11H,3-10,15H2,1-2H3,(H,17,18). The number of rotatable bonds is 6. The van der Waals surface area contributed by atoms with Crippen LogP contribution in [0, 0.1) is 11.3 Å². The molecule has 1 aliphatic rings. The van der Waals surface area contributed by atoms with Gasteiger partial charge in [-0.1, -0.05) is 13.8 Å². The molecule has 0 bridgehead atoms. The molecule has 0 radical (unpaired) electrons. The predicted octanol–water partition coefficient (Wildman–Crippen LogP) is 1.46. The second-order valence-corrected chi connectivity index (χ2v) is 5.55. The highest BCUT2D eigenvalue weighted by molar-refractivity contribution is 5.83. The smallest absolute Gasteiger partial charge is 0.303 e. The van der Waals surface area contributed by atoms with Crippen LogP contribution in [0.1, 0.15) is 46.0 Å². The first-order valence-corrected chi connectivity index (χ1v) is 7.20. The van der Waals surface area contributed by atoms with E-state index in [9.17, 15) is 9.59 Å². The monoisotopic (exact) mass is 270 g/mol. The number of carbonyl (C=O) groups is 2. The molecule has 1 amide bonds. The van der Waals surface area contributed by atoms with Gasteiger partial charge in [0.1, 0.15) is 0 Å². The molecule has 0 aromatic carbocycles. The Bertz CT molecular complexity index is 318. The molecule has 110 valence electrons. The van der Waals surface area contributed by atoms with Crippen LogP contribution in [0.15, 0.2) is 0 Å². The van der Waals surface area contributed by atoms with Gasteiger partial charge < -0.3 is 15.7 Å². The summed E-state index contributed by atoms with van der Waals surface area (Å²) in [5.74, 6) is -0.593. The number of hydrogen-bond donors (Lipinski definition) is 2. The van der Waals surface area contributed by atoms with Crippen molar-refractivity contribution in [2.75, 3.05) is 19.6 Å². The number of nitrogens with zero attached hydrogens (tertiary/aromatic N) is 1. The zero-order valence-corrected chi connectivity index (χ0v) is 12.0. The summed E-state index contributed by atoms with van der Waals surface area (Å²) in [5, 5.41) is 8.87. The summed E-state index contributed by atoms with van der Waals surface area (Å²) in [7, 11) is 0. The lowest BCUT2D eigenvalue weighted by Gasteiger charge is -2.39. The highest BCUT2D eigenvalue weighted by Crippen LogP contribution is 2.30. The van der Waals surface area contributed by atoms with Gasteiger partial charge in [-0.3, -0.25) is 9.59 Å². The van der Waals surface area contributed by atoms with Gasteiger partial charge in [0.15, 0.2) is 0 Å². The third-order valence-corrected chi connectivity index (χ3v) is 4.47. The Morgan fingerprint density at radius 3 is 2.47 bits per heavy atom. The normalized spacial score (nSPS) is 20.4. The van der Waals surface area contributed by atoms with Gasteiger partial charge in [0.25, 0.3) is 0 Å². The van der Waals surface area contributed by atoms with Crippen LogP contribution in [0.4, 0.5) is 0 Å². The van der Waals surface area contributed by atoms with Crippen LogP contribution in [-0.2, 0) is 9.59 Å². The maximum absolute atomic E-state index is 12.6. The van der Waals surface area contributed by atoms with Gasteiger partial charge in [-0.25, -0.2) is 0 Å². The van der Waals surface area contributed by atoms with E-state index in [-0.39, 0.29) is 18.2 Å². The quantitative estimate of drug-likeness (QED) is 0.765. The van der Waals surface area contributed by atoms with Gasteiger partial charge >= 0.3 is 5.97 Å². The number of carboxylic acid groups (broad SMARTS) is 1. The lowest BCUT2D eigenvalue weighted by molar-refractivity contribution is -0.146. The Balaban J connectivity index is 2.73. The highest BCUT2D eigenvalue weighted by Gasteiger charge is 2.38. The van der Waals surface area contributed by atoms with Crippen molar-refractivity contribution in [3.63, 3.8) is 0 Å². The van der Waals surface area contributed by atoms with Crippen LogP contribution in [0.3, 0.4) is 0 Å². The molecule has 1 unspecified atom stereocenters. The van der Waals surface area contributed by atoms with Crippen molar-refractivity contribution in [1.29, 1.82) is 0 Å². The van der Waals surface area contributed by atoms with Crippen molar-refractivity contribution >= 4 is 11.9 Å². The van der Waals surface area contributed by atoms with Crippen LogP contribution in [0.5, 0.6) is 0 Å². The topological polar surface area (TPSA) is 83.6 Å². The number of carboxylic acids is 1. The summed E-state index contributed by atoms with van der Waals surface area (Å²) < 4.78 is 0. The number of carbonyl (C=O) groups excluding carboxylic acids is 1. The van der Waals surface area contributed by atoms with Gasteiger partial charge in [-0.05, 0) is 31.6 Å². The molecule has 1 fully saturated rings. The minimum atomic E-state index is -0.782. The molecule has 0 aromatic rings. The molecule has 5 nitrogen and oxygen atoms in total. The van der Waals surface area contributed by atoms with Crippen molar-refractivity contribution < 1.29 is 14.7 Å². The SMILES string of the molecule is CCC(CC)(CN)C(=O)N1CCCC(CC(=O)O)C1. The van der Waals surface area contributed by atoms with Crippen LogP contribution in [0.25, 0.3) is 0 Å². The fourth-order valence-corrected chi connectivity index (χ4v) is 2.93. The van der Waals surface area contributed by atoms with E-state index in [0.717, 1.165) is 32.2 Å². The Morgan fingerprint density at radius 2 is 2.00 bits per heavy atom. The molecule has 0 saturated carbocycles. The van der Waals surface area contributed by atoms with Gasteiger partial charge in [0, 0.05) is 26.1 Å². The van der Waals surface area contributed by atoms with Crippen molar-refractivity contribution in [3.8, 4) is 0 Å².